The van der Waals surface area contributed by atoms with Gasteiger partial charge in [0.25, 0.3) is 0 Å². The summed E-state index contributed by atoms with van der Waals surface area (Å²) in [5.74, 6) is 0. The Kier molecular flexibility index (Phi) is 3.88. The Morgan fingerprint density at radius 1 is 1.22 bits per heavy atom. The van der Waals surface area contributed by atoms with Gasteiger partial charge in [-0.25, -0.2) is 9.61 Å². The Labute approximate surface area is 130 Å². The number of imidazole rings is 1. The van der Waals surface area contributed by atoms with Gasteiger partial charge in [0, 0.05) is 16.9 Å². The molecule has 0 aromatic carbocycles. The molecule has 0 fully saturated rings. The minimum Gasteiger partial charge on any atom is -0.304 e. The second-order valence-electron chi connectivity index (χ2n) is 3.56. The van der Waals surface area contributed by atoms with Gasteiger partial charge in [-0.1, -0.05) is 5.16 Å². The van der Waals surface area contributed by atoms with E-state index in [1.807, 2.05) is 29.8 Å². The van der Waals surface area contributed by atoms with E-state index < -0.39 is 0 Å². The van der Waals surface area contributed by atoms with Gasteiger partial charge in [0.15, 0.2) is 11.3 Å². The molecular formula is C10H7Br3N4O. The molecule has 0 radical (unpaired) electrons. The number of aromatic nitrogens is 4. The maximum absolute atomic E-state index is 4.68. The molecule has 94 valence electrons. The van der Waals surface area contributed by atoms with Gasteiger partial charge in [0.1, 0.15) is 11.4 Å². The second kappa shape index (κ2) is 5.10. The van der Waals surface area contributed by atoms with Crippen LogP contribution < -0.4 is 0 Å². The third-order valence-electron chi connectivity index (χ3n) is 2.37. The molecule has 3 rings (SSSR count). The summed E-state index contributed by atoms with van der Waals surface area (Å²) in [7, 11) is 0. The number of aryl methyl sites for hydroxylation is 1. The average Bonchev–Trinajstić information content (AvgIpc) is 2.83. The zero-order valence-corrected chi connectivity index (χ0v) is 14.0. The van der Waals surface area contributed by atoms with Crippen molar-refractivity contribution in [2.24, 2.45) is 0 Å². The Balaban J connectivity index is 0.00000120. The Hall–Kier alpha value is -0.730. The van der Waals surface area contributed by atoms with Gasteiger partial charge in [-0.05, 0) is 50.0 Å². The first-order valence-corrected chi connectivity index (χ1v) is 6.37. The summed E-state index contributed by atoms with van der Waals surface area (Å²) in [4.78, 5) is 4.49. The van der Waals surface area contributed by atoms with Crippen LogP contribution in [-0.2, 0) is 0 Å². The van der Waals surface area contributed by atoms with Crippen molar-refractivity contribution >= 4 is 54.5 Å². The predicted molar refractivity (Wildman–Crippen MR) is 78.9 cm³/mol. The molecule has 0 atom stereocenters. The molecule has 3 heterocycles. The fraction of sp³-hybridized carbons (Fsp3) is 0.100. The second-order valence-corrected chi connectivity index (χ2v) is 5.33. The molecule has 3 aromatic heterocycles. The molecule has 0 aliphatic carbocycles. The number of pyridine rings is 1. The molecule has 0 N–H and O–H groups in total. The summed E-state index contributed by atoms with van der Waals surface area (Å²) in [5, 5.41) is 7.59. The minimum atomic E-state index is 0. The molecule has 3 aromatic rings. The maximum atomic E-state index is 4.68. The number of rotatable bonds is 1. The van der Waals surface area contributed by atoms with Crippen molar-refractivity contribution in [3.63, 3.8) is 0 Å². The van der Waals surface area contributed by atoms with Crippen molar-refractivity contribution < 1.29 is 4.63 Å². The number of hydrogen-bond donors (Lipinski definition) is 0. The van der Waals surface area contributed by atoms with Crippen LogP contribution in [0.5, 0.6) is 0 Å². The molecule has 0 bridgehead atoms. The smallest absolute Gasteiger partial charge is 0.157 e. The van der Waals surface area contributed by atoms with Crippen molar-refractivity contribution in [1.82, 2.24) is 19.7 Å². The first-order valence-electron chi connectivity index (χ1n) is 4.78. The zero-order valence-electron chi connectivity index (χ0n) is 9.09. The fourth-order valence-electron chi connectivity index (χ4n) is 1.60. The van der Waals surface area contributed by atoms with Crippen molar-refractivity contribution in [1.29, 1.82) is 0 Å². The van der Waals surface area contributed by atoms with Crippen LogP contribution >= 0.6 is 48.8 Å². The monoisotopic (exact) mass is 436 g/mol. The predicted octanol–water partition coefficient (Wildman–Crippen LogP) is 3.80. The lowest BCUT2D eigenvalue weighted by Gasteiger charge is -1.96. The Morgan fingerprint density at radius 2 is 2.00 bits per heavy atom. The van der Waals surface area contributed by atoms with Gasteiger partial charge < -0.3 is 4.40 Å². The van der Waals surface area contributed by atoms with Gasteiger partial charge >= 0.3 is 0 Å². The number of halogens is 3. The highest BCUT2D eigenvalue weighted by molar-refractivity contribution is 9.11. The SMILES string of the molecule is Br.Cc1nonc1-c1cn2cc(Br)cc(Br)c2n1. The van der Waals surface area contributed by atoms with Crippen LogP contribution in [0.1, 0.15) is 5.69 Å². The normalized spacial score (nSPS) is 10.6. The third kappa shape index (κ3) is 2.24. The summed E-state index contributed by atoms with van der Waals surface area (Å²) < 4.78 is 8.47. The van der Waals surface area contributed by atoms with Crippen LogP contribution in [0, 0.1) is 6.92 Å². The van der Waals surface area contributed by atoms with Crippen LogP contribution in [-0.4, -0.2) is 19.7 Å². The largest absolute Gasteiger partial charge is 0.304 e. The first kappa shape index (κ1) is 13.7. The minimum absolute atomic E-state index is 0. The number of nitrogens with zero attached hydrogens (tertiary/aromatic N) is 4. The summed E-state index contributed by atoms with van der Waals surface area (Å²) >= 11 is 6.90. The molecule has 0 saturated heterocycles. The summed E-state index contributed by atoms with van der Waals surface area (Å²) in [6.07, 6.45) is 3.82. The van der Waals surface area contributed by atoms with E-state index in [-0.39, 0.29) is 17.0 Å². The van der Waals surface area contributed by atoms with E-state index in [9.17, 15) is 0 Å². The lowest BCUT2D eigenvalue weighted by Crippen LogP contribution is -1.83. The van der Waals surface area contributed by atoms with E-state index in [0.717, 1.165) is 26.0 Å². The molecule has 0 aliphatic rings. The topological polar surface area (TPSA) is 56.2 Å². The van der Waals surface area contributed by atoms with E-state index in [4.69, 9.17) is 0 Å². The molecule has 0 amide bonds. The molecular weight excluding hydrogens is 432 g/mol. The van der Waals surface area contributed by atoms with Crippen LogP contribution in [0.15, 0.2) is 32.0 Å². The highest BCUT2D eigenvalue weighted by atomic mass is 79.9. The zero-order chi connectivity index (χ0) is 12.0. The van der Waals surface area contributed by atoms with E-state index in [1.54, 1.807) is 0 Å². The van der Waals surface area contributed by atoms with Crippen molar-refractivity contribution in [3.8, 4) is 11.4 Å². The van der Waals surface area contributed by atoms with Gasteiger partial charge in [0.05, 0.1) is 4.47 Å². The van der Waals surface area contributed by atoms with Crippen LogP contribution in [0.4, 0.5) is 0 Å². The van der Waals surface area contributed by atoms with Crippen molar-refractivity contribution in [2.45, 2.75) is 6.92 Å². The fourth-order valence-corrected chi connectivity index (χ4v) is 2.90. The molecule has 8 heteroatoms. The number of hydrogen-bond acceptors (Lipinski definition) is 4. The summed E-state index contributed by atoms with van der Waals surface area (Å²) in [6.45, 7) is 1.83. The molecule has 0 spiro atoms. The lowest BCUT2D eigenvalue weighted by molar-refractivity contribution is 0.306. The van der Waals surface area contributed by atoms with Gasteiger partial charge in [0.2, 0.25) is 0 Å². The lowest BCUT2D eigenvalue weighted by atomic mass is 10.3. The summed E-state index contributed by atoms with van der Waals surface area (Å²) in [6, 6.07) is 1.94. The molecule has 5 nitrogen and oxygen atoms in total. The Bertz CT molecular complexity index is 706. The van der Waals surface area contributed by atoms with E-state index >= 15 is 0 Å². The quantitative estimate of drug-likeness (QED) is 0.580. The van der Waals surface area contributed by atoms with Crippen LogP contribution in [0.25, 0.3) is 17.0 Å². The molecule has 0 unspecified atom stereocenters. The summed E-state index contributed by atoms with van der Waals surface area (Å²) in [5.41, 5.74) is 2.95. The van der Waals surface area contributed by atoms with Gasteiger partial charge in [-0.2, -0.15) is 0 Å². The number of fused-ring (bicyclic) bond motifs is 1. The van der Waals surface area contributed by atoms with Gasteiger partial charge in [-0.3, -0.25) is 0 Å². The molecule has 0 saturated carbocycles. The van der Waals surface area contributed by atoms with Crippen LogP contribution in [0.3, 0.4) is 0 Å². The maximum Gasteiger partial charge on any atom is 0.157 e. The average molecular weight is 439 g/mol. The van der Waals surface area contributed by atoms with E-state index in [2.05, 4.69) is 51.8 Å². The highest BCUT2D eigenvalue weighted by Gasteiger charge is 2.13. The van der Waals surface area contributed by atoms with Crippen molar-refractivity contribution in [2.75, 3.05) is 0 Å². The molecule has 0 aliphatic heterocycles. The van der Waals surface area contributed by atoms with Gasteiger partial charge in [-0.15, -0.1) is 17.0 Å². The first-order chi connectivity index (χ1) is 8.15. The third-order valence-corrected chi connectivity index (χ3v) is 3.39. The van der Waals surface area contributed by atoms with Crippen molar-refractivity contribution in [3.05, 3.63) is 33.1 Å². The highest BCUT2D eigenvalue weighted by Crippen LogP contribution is 2.26. The standard InChI is InChI=1S/C10H6Br2N4O.BrH/c1-5-9(15-17-14-5)8-4-16-3-6(11)2-7(12)10(16)13-8;/h2-4H,1H3;1H. The van der Waals surface area contributed by atoms with E-state index in [1.165, 1.54) is 0 Å². The Morgan fingerprint density at radius 3 is 2.67 bits per heavy atom. The molecule has 18 heavy (non-hydrogen) atoms. The van der Waals surface area contributed by atoms with Crippen LogP contribution in [0.2, 0.25) is 0 Å². The van der Waals surface area contributed by atoms with E-state index in [0.29, 0.717) is 5.69 Å².